The van der Waals surface area contributed by atoms with Crippen LogP contribution in [0, 0.1) is 0 Å². The molecular formula is C48H33NO. The van der Waals surface area contributed by atoms with E-state index in [9.17, 15) is 0 Å². The van der Waals surface area contributed by atoms with Gasteiger partial charge in [0.05, 0.1) is 5.69 Å². The van der Waals surface area contributed by atoms with E-state index in [-0.39, 0.29) is 0 Å². The molecule has 0 aliphatic rings. The summed E-state index contributed by atoms with van der Waals surface area (Å²) in [5.74, 6) is 0. The molecule has 9 rings (SSSR count). The van der Waals surface area contributed by atoms with Crippen LogP contribution in [-0.4, -0.2) is 0 Å². The van der Waals surface area contributed by atoms with Crippen molar-refractivity contribution in [2.75, 3.05) is 4.90 Å². The Kier molecular flexibility index (Phi) is 7.53. The molecule has 0 radical (unpaired) electrons. The molecular weight excluding hydrogens is 607 g/mol. The molecule has 0 spiro atoms. The minimum atomic E-state index is 0.868. The van der Waals surface area contributed by atoms with Crippen LogP contribution in [0.2, 0.25) is 0 Å². The van der Waals surface area contributed by atoms with Gasteiger partial charge in [-0.1, -0.05) is 152 Å². The molecule has 0 aliphatic carbocycles. The first-order chi connectivity index (χ1) is 24.8. The Bertz CT molecular complexity index is 2590. The van der Waals surface area contributed by atoms with Gasteiger partial charge in [0, 0.05) is 33.8 Å². The average molecular weight is 640 g/mol. The number of nitrogens with zero attached hydrogens (tertiary/aromatic N) is 1. The maximum atomic E-state index is 6.38. The maximum absolute atomic E-state index is 6.38. The third-order valence-corrected chi connectivity index (χ3v) is 9.50. The van der Waals surface area contributed by atoms with E-state index in [1.807, 2.05) is 12.1 Å². The van der Waals surface area contributed by atoms with E-state index in [0.29, 0.717) is 0 Å². The summed E-state index contributed by atoms with van der Waals surface area (Å²) in [6.07, 6.45) is 0. The van der Waals surface area contributed by atoms with Crippen molar-refractivity contribution < 1.29 is 4.42 Å². The first-order valence-electron chi connectivity index (χ1n) is 17.0. The van der Waals surface area contributed by atoms with Crippen LogP contribution in [0.3, 0.4) is 0 Å². The fourth-order valence-electron chi connectivity index (χ4n) is 7.15. The fraction of sp³-hybridized carbons (Fsp3) is 0. The first kappa shape index (κ1) is 29.5. The molecule has 0 N–H and O–H groups in total. The van der Waals surface area contributed by atoms with Crippen molar-refractivity contribution in [3.63, 3.8) is 0 Å². The van der Waals surface area contributed by atoms with Gasteiger partial charge in [-0.15, -0.1) is 0 Å². The van der Waals surface area contributed by atoms with Crippen LogP contribution in [0.5, 0.6) is 0 Å². The van der Waals surface area contributed by atoms with Gasteiger partial charge in [-0.2, -0.15) is 0 Å². The monoisotopic (exact) mass is 639 g/mol. The molecule has 9 aromatic rings. The second-order valence-electron chi connectivity index (χ2n) is 12.5. The molecule has 2 heteroatoms. The predicted molar refractivity (Wildman–Crippen MR) is 210 cm³/mol. The van der Waals surface area contributed by atoms with Gasteiger partial charge in [0.2, 0.25) is 0 Å². The zero-order valence-electron chi connectivity index (χ0n) is 27.4. The van der Waals surface area contributed by atoms with E-state index in [4.69, 9.17) is 4.42 Å². The highest BCUT2D eigenvalue weighted by Gasteiger charge is 2.21. The van der Waals surface area contributed by atoms with Crippen LogP contribution in [-0.2, 0) is 0 Å². The van der Waals surface area contributed by atoms with Crippen molar-refractivity contribution in [1.82, 2.24) is 0 Å². The SMILES string of the molecule is c1ccc(-c2ccc(-c3ccccc3)c(-c3ccccc3-c3ccccc3N(c3ccccc3)c3ccc4c(c3)oc3ccccc34)c2)cc1. The van der Waals surface area contributed by atoms with Gasteiger partial charge >= 0.3 is 0 Å². The Labute approximate surface area is 292 Å². The van der Waals surface area contributed by atoms with Gasteiger partial charge in [-0.25, -0.2) is 0 Å². The molecule has 1 heterocycles. The third-order valence-electron chi connectivity index (χ3n) is 9.50. The second kappa shape index (κ2) is 12.8. The summed E-state index contributed by atoms with van der Waals surface area (Å²) in [6, 6.07) is 71.1. The van der Waals surface area contributed by atoms with Gasteiger partial charge in [0.15, 0.2) is 0 Å². The van der Waals surface area contributed by atoms with E-state index in [1.165, 1.54) is 33.4 Å². The molecule has 0 unspecified atom stereocenters. The zero-order valence-corrected chi connectivity index (χ0v) is 27.4. The predicted octanol–water partition coefficient (Wildman–Crippen LogP) is 13.7. The highest BCUT2D eigenvalue weighted by Crippen LogP contribution is 2.46. The summed E-state index contributed by atoms with van der Waals surface area (Å²) in [4.78, 5) is 2.34. The Morgan fingerprint density at radius 1 is 0.300 bits per heavy atom. The molecule has 0 fully saturated rings. The molecule has 0 aliphatic heterocycles. The van der Waals surface area contributed by atoms with Gasteiger partial charge in [0.25, 0.3) is 0 Å². The molecule has 0 saturated carbocycles. The fourth-order valence-corrected chi connectivity index (χ4v) is 7.15. The van der Waals surface area contributed by atoms with Gasteiger partial charge in [-0.05, 0) is 81.4 Å². The van der Waals surface area contributed by atoms with E-state index in [1.54, 1.807) is 0 Å². The Morgan fingerprint density at radius 3 is 1.64 bits per heavy atom. The van der Waals surface area contributed by atoms with Crippen LogP contribution in [0.4, 0.5) is 17.1 Å². The third kappa shape index (κ3) is 5.34. The molecule has 1 aromatic heterocycles. The maximum Gasteiger partial charge on any atom is 0.137 e. The molecule has 0 amide bonds. The number of para-hydroxylation sites is 3. The quantitative estimate of drug-likeness (QED) is 0.173. The zero-order chi connectivity index (χ0) is 33.3. The van der Waals surface area contributed by atoms with Crippen LogP contribution < -0.4 is 4.90 Å². The normalized spacial score (nSPS) is 11.2. The Morgan fingerprint density at radius 2 is 0.880 bits per heavy atom. The molecule has 8 aromatic carbocycles. The number of anilines is 3. The van der Waals surface area contributed by atoms with Crippen molar-refractivity contribution in [3.8, 4) is 44.5 Å². The molecule has 0 atom stereocenters. The second-order valence-corrected chi connectivity index (χ2v) is 12.5. The lowest BCUT2D eigenvalue weighted by Crippen LogP contribution is -2.11. The van der Waals surface area contributed by atoms with Gasteiger partial charge in [-0.3, -0.25) is 0 Å². The summed E-state index contributed by atoms with van der Waals surface area (Å²) < 4.78 is 6.38. The summed E-state index contributed by atoms with van der Waals surface area (Å²) in [5.41, 5.74) is 14.4. The van der Waals surface area contributed by atoms with Crippen LogP contribution in [0.15, 0.2) is 205 Å². The highest BCUT2D eigenvalue weighted by molar-refractivity contribution is 6.06. The number of fused-ring (bicyclic) bond motifs is 3. The molecule has 236 valence electrons. The number of hydrogen-bond donors (Lipinski definition) is 0. The number of rotatable bonds is 7. The van der Waals surface area contributed by atoms with Gasteiger partial charge in [0.1, 0.15) is 11.2 Å². The Hall–Kier alpha value is -6.64. The lowest BCUT2D eigenvalue weighted by molar-refractivity contribution is 0.669. The summed E-state index contributed by atoms with van der Waals surface area (Å²) in [7, 11) is 0. The van der Waals surface area contributed by atoms with Crippen molar-refractivity contribution in [2.45, 2.75) is 0 Å². The van der Waals surface area contributed by atoms with Crippen LogP contribution >= 0.6 is 0 Å². The first-order valence-corrected chi connectivity index (χ1v) is 17.0. The number of benzene rings is 8. The minimum Gasteiger partial charge on any atom is -0.456 e. The standard InChI is InChI=1S/C48H33NO/c1-4-16-34(17-5-1)36-28-30-39(35-18-6-2-7-19-35)45(32-36)41-23-11-10-22-40(41)42-24-12-14-26-46(42)49(37-20-8-3-9-21-37)38-29-31-44-43-25-13-15-27-47(43)50-48(44)33-38/h1-33H. The van der Waals surface area contributed by atoms with Crippen molar-refractivity contribution in [2.24, 2.45) is 0 Å². The van der Waals surface area contributed by atoms with Crippen molar-refractivity contribution in [1.29, 1.82) is 0 Å². The summed E-state index contributed by atoms with van der Waals surface area (Å²) in [5, 5.41) is 2.24. The minimum absolute atomic E-state index is 0.868. The average Bonchev–Trinajstić information content (AvgIpc) is 3.57. The number of hydrogen-bond acceptors (Lipinski definition) is 2. The van der Waals surface area contributed by atoms with E-state index >= 15 is 0 Å². The van der Waals surface area contributed by atoms with Crippen LogP contribution in [0.1, 0.15) is 0 Å². The van der Waals surface area contributed by atoms with Crippen molar-refractivity contribution >= 4 is 39.0 Å². The number of furan rings is 1. The van der Waals surface area contributed by atoms with E-state index in [2.05, 4.69) is 193 Å². The Balaban J connectivity index is 1.26. The molecule has 0 saturated heterocycles. The smallest absolute Gasteiger partial charge is 0.137 e. The lowest BCUT2D eigenvalue weighted by Gasteiger charge is -2.28. The molecule has 50 heavy (non-hydrogen) atoms. The topological polar surface area (TPSA) is 16.4 Å². The van der Waals surface area contributed by atoms with Gasteiger partial charge < -0.3 is 9.32 Å². The summed E-state index contributed by atoms with van der Waals surface area (Å²) >= 11 is 0. The molecule has 2 nitrogen and oxygen atoms in total. The van der Waals surface area contributed by atoms with E-state index < -0.39 is 0 Å². The highest BCUT2D eigenvalue weighted by atomic mass is 16.3. The largest absolute Gasteiger partial charge is 0.456 e. The lowest BCUT2D eigenvalue weighted by atomic mass is 9.87. The summed E-state index contributed by atoms with van der Waals surface area (Å²) in [6.45, 7) is 0. The van der Waals surface area contributed by atoms with Crippen molar-refractivity contribution in [3.05, 3.63) is 200 Å². The van der Waals surface area contributed by atoms with Crippen LogP contribution in [0.25, 0.3) is 66.4 Å². The molecule has 0 bridgehead atoms. The van der Waals surface area contributed by atoms with E-state index in [0.717, 1.165) is 50.1 Å².